The van der Waals surface area contributed by atoms with Gasteiger partial charge >= 0.3 is 5.97 Å². The zero-order valence-electron chi connectivity index (χ0n) is 18.6. The van der Waals surface area contributed by atoms with Crippen LogP contribution in [0.2, 0.25) is 0 Å². The molecule has 0 aliphatic carbocycles. The fourth-order valence-corrected chi connectivity index (χ4v) is 4.98. The highest BCUT2D eigenvalue weighted by Gasteiger charge is 2.22. The van der Waals surface area contributed by atoms with Crippen molar-refractivity contribution in [1.29, 1.82) is 0 Å². The summed E-state index contributed by atoms with van der Waals surface area (Å²) < 4.78 is 1.56. The Balaban J connectivity index is 1.54. The summed E-state index contributed by atoms with van der Waals surface area (Å²) in [5.74, 6) is -0.647. The van der Waals surface area contributed by atoms with Gasteiger partial charge in [-0.3, -0.25) is 19.5 Å². The number of fused-ring (bicyclic) bond motifs is 2. The number of allylic oxidation sites excluding steroid dienone is 1. The Morgan fingerprint density at radius 1 is 1.14 bits per heavy atom. The van der Waals surface area contributed by atoms with E-state index in [-0.39, 0.29) is 16.8 Å². The van der Waals surface area contributed by atoms with Crippen LogP contribution in [0.25, 0.3) is 22.6 Å². The molecule has 35 heavy (non-hydrogen) atoms. The number of benzene rings is 3. The van der Waals surface area contributed by atoms with Crippen LogP contribution in [-0.4, -0.2) is 25.6 Å². The van der Waals surface area contributed by atoms with Gasteiger partial charge < -0.3 is 5.11 Å². The summed E-state index contributed by atoms with van der Waals surface area (Å²) in [5.41, 5.74) is 2.63. The van der Waals surface area contributed by atoms with Gasteiger partial charge in [0.05, 0.1) is 26.3 Å². The largest absolute Gasteiger partial charge is 0.478 e. The predicted octanol–water partition coefficient (Wildman–Crippen LogP) is 5.41. The van der Waals surface area contributed by atoms with Gasteiger partial charge in [-0.2, -0.15) is 0 Å². The molecule has 3 aromatic carbocycles. The van der Waals surface area contributed by atoms with E-state index >= 15 is 0 Å². The van der Waals surface area contributed by atoms with Gasteiger partial charge in [0.2, 0.25) is 0 Å². The van der Waals surface area contributed by atoms with Crippen molar-refractivity contribution in [2.24, 2.45) is 0 Å². The summed E-state index contributed by atoms with van der Waals surface area (Å²) in [6.07, 6.45) is 2.34. The number of aromatic nitrogens is 2. The first kappa shape index (κ1) is 22.5. The van der Waals surface area contributed by atoms with Crippen molar-refractivity contribution in [3.8, 4) is 0 Å². The number of hydrogen-bond acceptors (Lipinski definition) is 6. The molecule has 1 aliphatic rings. The van der Waals surface area contributed by atoms with Gasteiger partial charge in [0.1, 0.15) is 5.82 Å². The molecular formula is C26H19N3O5S. The number of carboxylic acid groups (broad SMARTS) is 1. The minimum Gasteiger partial charge on any atom is -0.478 e. The maximum absolute atomic E-state index is 12.9. The standard InChI is InChI=1S/C26H19N3O5S/c1-15-2-6-19(7-3-15)35-23-9-4-16(13-22(23)29(33)34)12-17-10-11-28-24(17)27-21-14-18(26(31)32)5-8-20(21)25(28)30/h2-9,12-14H,10-11H2,1H3,(H,31,32). The summed E-state index contributed by atoms with van der Waals surface area (Å²) in [4.78, 5) is 41.7. The predicted molar refractivity (Wildman–Crippen MR) is 134 cm³/mol. The highest BCUT2D eigenvalue weighted by Crippen LogP contribution is 2.36. The molecule has 0 bridgehead atoms. The Labute approximate surface area is 203 Å². The number of nitro benzene ring substituents is 1. The Kier molecular flexibility index (Phi) is 5.70. The van der Waals surface area contributed by atoms with Gasteiger partial charge in [-0.05, 0) is 67.0 Å². The monoisotopic (exact) mass is 485 g/mol. The van der Waals surface area contributed by atoms with Crippen molar-refractivity contribution in [2.45, 2.75) is 29.7 Å². The summed E-state index contributed by atoms with van der Waals surface area (Å²) >= 11 is 1.33. The molecular weight excluding hydrogens is 466 g/mol. The van der Waals surface area contributed by atoms with Crippen molar-refractivity contribution >= 4 is 46.0 Å². The third kappa shape index (κ3) is 4.33. The molecule has 0 atom stereocenters. The highest BCUT2D eigenvalue weighted by molar-refractivity contribution is 7.99. The SMILES string of the molecule is Cc1ccc(Sc2ccc(C=C3CCn4c3nc3cc(C(=O)O)ccc3c4=O)cc2[N+](=O)[O-])cc1. The first-order valence-corrected chi connectivity index (χ1v) is 11.6. The molecule has 0 spiro atoms. The Morgan fingerprint density at radius 3 is 2.63 bits per heavy atom. The van der Waals surface area contributed by atoms with Gasteiger partial charge in [0.25, 0.3) is 11.2 Å². The van der Waals surface area contributed by atoms with E-state index in [9.17, 15) is 24.8 Å². The van der Waals surface area contributed by atoms with E-state index in [1.165, 1.54) is 36.0 Å². The van der Waals surface area contributed by atoms with Crippen LogP contribution in [0.4, 0.5) is 5.69 Å². The Hall–Kier alpha value is -4.24. The fourth-order valence-electron chi connectivity index (χ4n) is 4.08. The molecule has 0 fully saturated rings. The average molecular weight is 486 g/mol. The van der Waals surface area contributed by atoms with Crippen LogP contribution in [0.3, 0.4) is 0 Å². The third-order valence-corrected chi connectivity index (χ3v) is 6.94. The smallest absolute Gasteiger partial charge is 0.335 e. The molecule has 0 saturated carbocycles. The number of carboxylic acids is 1. The van der Waals surface area contributed by atoms with Gasteiger partial charge in [-0.15, -0.1) is 0 Å². The van der Waals surface area contributed by atoms with Crippen LogP contribution in [0.5, 0.6) is 0 Å². The third-order valence-electron chi connectivity index (χ3n) is 5.86. The van der Waals surface area contributed by atoms with Crippen molar-refractivity contribution in [1.82, 2.24) is 9.55 Å². The first-order valence-electron chi connectivity index (χ1n) is 10.8. The van der Waals surface area contributed by atoms with Crippen molar-refractivity contribution in [2.75, 3.05) is 0 Å². The van der Waals surface area contributed by atoms with Gasteiger partial charge in [-0.1, -0.05) is 35.5 Å². The number of aromatic carboxylic acids is 1. The molecule has 0 amide bonds. The number of carbonyl (C=O) groups is 1. The Bertz CT molecular complexity index is 1610. The lowest BCUT2D eigenvalue weighted by molar-refractivity contribution is -0.387. The summed E-state index contributed by atoms with van der Waals surface area (Å²) in [7, 11) is 0. The fraction of sp³-hybridized carbons (Fsp3) is 0.115. The van der Waals surface area contributed by atoms with E-state index < -0.39 is 10.9 Å². The number of hydrogen-bond donors (Lipinski definition) is 1. The van der Waals surface area contributed by atoms with Crippen LogP contribution >= 0.6 is 11.8 Å². The molecule has 2 heterocycles. The molecule has 1 aromatic heterocycles. The second-order valence-electron chi connectivity index (χ2n) is 8.25. The Morgan fingerprint density at radius 2 is 1.91 bits per heavy atom. The second-order valence-corrected chi connectivity index (χ2v) is 9.36. The van der Waals surface area contributed by atoms with Crippen LogP contribution in [0.1, 0.15) is 33.7 Å². The molecule has 0 radical (unpaired) electrons. The molecule has 4 aromatic rings. The van der Waals surface area contributed by atoms with E-state index in [4.69, 9.17) is 0 Å². The maximum atomic E-state index is 12.9. The van der Waals surface area contributed by atoms with Crippen LogP contribution in [0.15, 0.2) is 75.2 Å². The van der Waals surface area contributed by atoms with Crippen molar-refractivity contribution in [3.63, 3.8) is 0 Å². The quantitative estimate of drug-likeness (QED) is 0.297. The summed E-state index contributed by atoms with van der Waals surface area (Å²) in [6, 6.07) is 17.1. The minimum absolute atomic E-state index is 0.00196. The highest BCUT2D eigenvalue weighted by atomic mass is 32.2. The van der Waals surface area contributed by atoms with Crippen LogP contribution in [-0.2, 0) is 6.54 Å². The van der Waals surface area contributed by atoms with Crippen LogP contribution in [0, 0.1) is 17.0 Å². The van der Waals surface area contributed by atoms with E-state index in [1.54, 1.807) is 22.8 Å². The molecule has 0 unspecified atom stereocenters. The molecule has 174 valence electrons. The van der Waals surface area contributed by atoms with Gasteiger partial charge in [0.15, 0.2) is 0 Å². The van der Waals surface area contributed by atoms with Gasteiger partial charge in [0, 0.05) is 17.5 Å². The van der Waals surface area contributed by atoms with Crippen molar-refractivity contribution < 1.29 is 14.8 Å². The first-order chi connectivity index (χ1) is 16.8. The lowest BCUT2D eigenvalue weighted by Gasteiger charge is -2.07. The number of nitro groups is 1. The van der Waals surface area contributed by atoms with Crippen molar-refractivity contribution in [3.05, 3.63) is 104 Å². The summed E-state index contributed by atoms with van der Waals surface area (Å²) in [5, 5.41) is 21.4. The van der Waals surface area contributed by atoms with Crippen LogP contribution < -0.4 is 5.56 Å². The number of rotatable bonds is 5. The average Bonchev–Trinajstić information content (AvgIpc) is 3.23. The summed E-state index contributed by atoms with van der Waals surface area (Å²) in [6.45, 7) is 2.42. The topological polar surface area (TPSA) is 115 Å². The molecule has 1 N–H and O–H groups in total. The number of aryl methyl sites for hydroxylation is 1. The molecule has 0 saturated heterocycles. The van der Waals surface area contributed by atoms with E-state index in [0.29, 0.717) is 40.2 Å². The second kappa shape index (κ2) is 8.84. The van der Waals surface area contributed by atoms with E-state index in [0.717, 1.165) is 16.0 Å². The maximum Gasteiger partial charge on any atom is 0.335 e. The molecule has 9 heteroatoms. The lowest BCUT2D eigenvalue weighted by Crippen LogP contribution is -2.21. The van der Waals surface area contributed by atoms with E-state index in [2.05, 4.69) is 4.98 Å². The lowest BCUT2D eigenvalue weighted by atomic mass is 10.1. The zero-order valence-corrected chi connectivity index (χ0v) is 19.4. The van der Waals surface area contributed by atoms with E-state index in [1.807, 2.05) is 31.2 Å². The molecule has 5 rings (SSSR count). The normalized spacial score (nSPS) is 13.8. The molecule has 1 aliphatic heterocycles. The number of nitrogens with zero attached hydrogens (tertiary/aromatic N) is 3. The van der Waals surface area contributed by atoms with Gasteiger partial charge in [-0.25, -0.2) is 9.78 Å². The minimum atomic E-state index is -1.10. The zero-order chi connectivity index (χ0) is 24.7. The molecule has 8 nitrogen and oxygen atoms in total.